The van der Waals surface area contributed by atoms with Gasteiger partial charge in [0.15, 0.2) is 0 Å². The van der Waals surface area contributed by atoms with Gasteiger partial charge in [-0.25, -0.2) is 0 Å². The highest BCUT2D eigenvalue weighted by molar-refractivity contribution is 8.02. The number of halogens is 1. The third kappa shape index (κ3) is 4.22. The molecule has 1 N–H and O–H groups in total. The summed E-state index contributed by atoms with van der Waals surface area (Å²) < 4.78 is 4.83. The summed E-state index contributed by atoms with van der Waals surface area (Å²) in [7, 11) is 1.23. The van der Waals surface area contributed by atoms with Crippen LogP contribution in [-0.4, -0.2) is 19.0 Å². The van der Waals surface area contributed by atoms with Crippen LogP contribution in [0.2, 0.25) is 5.02 Å². The van der Waals surface area contributed by atoms with Crippen molar-refractivity contribution in [3.63, 3.8) is 0 Å². The fourth-order valence-electron chi connectivity index (χ4n) is 3.08. The molecule has 1 amide bonds. The van der Waals surface area contributed by atoms with E-state index >= 15 is 0 Å². The predicted octanol–water partition coefficient (Wildman–Crippen LogP) is 4.01. The third-order valence-electron chi connectivity index (χ3n) is 4.44. The van der Waals surface area contributed by atoms with Gasteiger partial charge in [-0.2, -0.15) is 5.26 Å². The number of thioether (sulfide) groups is 1. The maximum atomic E-state index is 12.7. The Morgan fingerprint density at radius 2 is 1.89 bits per heavy atom. The number of nitrogens with zero attached hydrogens (tertiary/aromatic N) is 1. The van der Waals surface area contributed by atoms with Crippen LogP contribution in [0.25, 0.3) is 0 Å². The Labute approximate surface area is 172 Å². The second-order valence-electron chi connectivity index (χ2n) is 6.15. The van der Waals surface area contributed by atoms with E-state index < -0.39 is 23.7 Å². The fraction of sp³-hybridized carbons (Fsp3) is 0.190. The SMILES string of the molecule is COC(=O)[C@H]1C(=O)NC(SCc2ccc(Cl)cc2)=C(C#N)[C@@H]1c1ccccc1. The highest BCUT2D eigenvalue weighted by atomic mass is 35.5. The number of rotatable bonds is 5. The number of ether oxygens (including phenoxy) is 1. The van der Waals surface area contributed by atoms with Crippen molar-refractivity contribution in [2.45, 2.75) is 11.7 Å². The zero-order valence-electron chi connectivity index (χ0n) is 15.0. The monoisotopic (exact) mass is 412 g/mol. The smallest absolute Gasteiger partial charge is 0.319 e. The van der Waals surface area contributed by atoms with Gasteiger partial charge in [0, 0.05) is 16.7 Å². The molecule has 0 fully saturated rings. The molecule has 0 unspecified atom stereocenters. The maximum absolute atomic E-state index is 12.7. The van der Waals surface area contributed by atoms with Crippen LogP contribution in [0.5, 0.6) is 0 Å². The molecule has 0 aromatic heterocycles. The van der Waals surface area contributed by atoms with Crippen LogP contribution in [0.4, 0.5) is 0 Å². The van der Waals surface area contributed by atoms with Crippen LogP contribution < -0.4 is 5.32 Å². The zero-order valence-corrected chi connectivity index (χ0v) is 16.6. The zero-order chi connectivity index (χ0) is 20.1. The summed E-state index contributed by atoms with van der Waals surface area (Å²) in [6.45, 7) is 0. The molecule has 0 saturated heterocycles. The minimum absolute atomic E-state index is 0.347. The second-order valence-corrected chi connectivity index (χ2v) is 7.57. The van der Waals surface area contributed by atoms with Crippen molar-refractivity contribution in [2.75, 3.05) is 7.11 Å². The van der Waals surface area contributed by atoms with E-state index in [1.165, 1.54) is 18.9 Å². The normalized spacial score (nSPS) is 19.0. The minimum Gasteiger partial charge on any atom is -0.468 e. The van der Waals surface area contributed by atoms with Crippen LogP contribution >= 0.6 is 23.4 Å². The molecule has 0 spiro atoms. The first kappa shape index (κ1) is 20.0. The Hall–Kier alpha value is -2.75. The molecule has 7 heteroatoms. The number of carbonyl (C=O) groups excluding carboxylic acids is 2. The molecular weight excluding hydrogens is 396 g/mol. The van der Waals surface area contributed by atoms with Crippen molar-refractivity contribution in [3.05, 3.63) is 81.3 Å². The second kappa shape index (κ2) is 8.96. The van der Waals surface area contributed by atoms with Gasteiger partial charge in [-0.05, 0) is 23.3 Å². The lowest BCUT2D eigenvalue weighted by Crippen LogP contribution is -2.44. The topological polar surface area (TPSA) is 79.2 Å². The molecule has 2 aromatic rings. The van der Waals surface area contributed by atoms with Crippen LogP contribution in [0.15, 0.2) is 65.2 Å². The first-order valence-electron chi connectivity index (χ1n) is 8.50. The van der Waals surface area contributed by atoms with E-state index in [4.69, 9.17) is 16.3 Å². The van der Waals surface area contributed by atoms with Crippen LogP contribution in [0.3, 0.4) is 0 Å². The van der Waals surface area contributed by atoms with Crippen molar-refractivity contribution in [3.8, 4) is 6.07 Å². The molecule has 0 radical (unpaired) electrons. The van der Waals surface area contributed by atoms with Gasteiger partial charge in [-0.1, -0.05) is 54.1 Å². The number of allylic oxidation sites excluding steroid dienone is 1. The Kier molecular flexibility index (Phi) is 6.40. The molecule has 2 aromatic carbocycles. The number of nitriles is 1. The van der Waals surface area contributed by atoms with Gasteiger partial charge in [0.05, 0.1) is 23.8 Å². The van der Waals surface area contributed by atoms with Crippen molar-refractivity contribution < 1.29 is 14.3 Å². The lowest BCUT2D eigenvalue weighted by Gasteiger charge is -2.31. The van der Waals surface area contributed by atoms with E-state index in [9.17, 15) is 14.9 Å². The molecule has 142 valence electrons. The number of carbonyl (C=O) groups is 2. The number of hydrogen-bond acceptors (Lipinski definition) is 5. The largest absolute Gasteiger partial charge is 0.468 e. The summed E-state index contributed by atoms with van der Waals surface area (Å²) in [4.78, 5) is 25.0. The van der Waals surface area contributed by atoms with Gasteiger partial charge in [0.25, 0.3) is 0 Å². The Morgan fingerprint density at radius 1 is 1.21 bits per heavy atom. The van der Waals surface area contributed by atoms with Crippen LogP contribution in [0, 0.1) is 17.2 Å². The average Bonchev–Trinajstić information content (AvgIpc) is 2.72. The molecule has 3 rings (SSSR count). The third-order valence-corrected chi connectivity index (χ3v) is 5.78. The Balaban J connectivity index is 1.98. The first-order chi connectivity index (χ1) is 13.5. The van der Waals surface area contributed by atoms with E-state index in [1.807, 2.05) is 30.3 Å². The highest BCUT2D eigenvalue weighted by Gasteiger charge is 2.44. The summed E-state index contributed by atoms with van der Waals surface area (Å²) in [5.74, 6) is -2.40. The highest BCUT2D eigenvalue weighted by Crippen LogP contribution is 2.40. The Morgan fingerprint density at radius 3 is 2.50 bits per heavy atom. The summed E-state index contributed by atoms with van der Waals surface area (Å²) in [6, 6.07) is 18.6. The molecule has 2 atom stereocenters. The molecule has 5 nitrogen and oxygen atoms in total. The Bertz CT molecular complexity index is 952. The van der Waals surface area contributed by atoms with Crippen molar-refractivity contribution in [1.29, 1.82) is 5.26 Å². The lowest BCUT2D eigenvalue weighted by molar-refractivity contribution is -0.150. The number of nitrogens with one attached hydrogen (secondary N) is 1. The van der Waals surface area contributed by atoms with E-state index in [0.29, 0.717) is 26.9 Å². The van der Waals surface area contributed by atoms with E-state index in [2.05, 4.69) is 11.4 Å². The lowest BCUT2D eigenvalue weighted by atomic mass is 9.78. The van der Waals surface area contributed by atoms with Gasteiger partial charge in [-0.15, -0.1) is 11.8 Å². The summed E-state index contributed by atoms with van der Waals surface area (Å²) in [5, 5.41) is 13.7. The van der Waals surface area contributed by atoms with E-state index in [-0.39, 0.29) is 0 Å². The molecule has 1 aliphatic rings. The van der Waals surface area contributed by atoms with Gasteiger partial charge < -0.3 is 10.1 Å². The van der Waals surface area contributed by atoms with Gasteiger partial charge >= 0.3 is 5.97 Å². The van der Waals surface area contributed by atoms with Crippen LogP contribution in [0.1, 0.15) is 17.0 Å². The standard InChI is InChI=1S/C21H17ClN2O3S/c1-27-21(26)18-17(14-5-3-2-4-6-14)16(11-23)20(24-19(18)25)28-12-13-7-9-15(22)10-8-13/h2-10,17-18H,12H2,1H3,(H,24,25)/t17-,18+/m0/s1. The number of hydrogen-bond donors (Lipinski definition) is 1. The summed E-state index contributed by atoms with van der Waals surface area (Å²) in [6.07, 6.45) is 0. The first-order valence-corrected chi connectivity index (χ1v) is 9.86. The quantitative estimate of drug-likeness (QED) is 0.592. The van der Waals surface area contributed by atoms with Crippen molar-refractivity contribution in [2.24, 2.45) is 5.92 Å². The average molecular weight is 413 g/mol. The molecule has 0 bridgehead atoms. The van der Waals surface area contributed by atoms with Gasteiger partial charge in [-0.3, -0.25) is 9.59 Å². The predicted molar refractivity (Wildman–Crippen MR) is 108 cm³/mol. The van der Waals surface area contributed by atoms with E-state index in [1.54, 1.807) is 24.3 Å². The van der Waals surface area contributed by atoms with Gasteiger partial charge in [0.1, 0.15) is 5.92 Å². The molecule has 0 saturated carbocycles. The molecular formula is C21H17ClN2O3S. The molecule has 1 aliphatic heterocycles. The van der Waals surface area contributed by atoms with E-state index in [0.717, 1.165) is 5.56 Å². The van der Waals surface area contributed by atoms with Crippen LogP contribution in [-0.2, 0) is 20.1 Å². The van der Waals surface area contributed by atoms with Crippen molar-refractivity contribution >= 4 is 35.2 Å². The van der Waals surface area contributed by atoms with Gasteiger partial charge in [0.2, 0.25) is 5.91 Å². The number of esters is 1. The fourth-order valence-corrected chi connectivity index (χ4v) is 4.21. The summed E-state index contributed by atoms with van der Waals surface area (Å²) >= 11 is 7.25. The number of benzene rings is 2. The molecule has 28 heavy (non-hydrogen) atoms. The summed E-state index contributed by atoms with van der Waals surface area (Å²) in [5.41, 5.74) is 2.06. The number of methoxy groups -OCH3 is 1. The van der Waals surface area contributed by atoms with Crippen molar-refractivity contribution in [1.82, 2.24) is 5.32 Å². The molecule has 1 heterocycles. The minimum atomic E-state index is -1.11. The number of amides is 1. The maximum Gasteiger partial charge on any atom is 0.319 e. The molecule has 0 aliphatic carbocycles.